The van der Waals surface area contributed by atoms with Gasteiger partial charge in [0.2, 0.25) is 5.82 Å². The van der Waals surface area contributed by atoms with Crippen LogP contribution >= 0.6 is 11.3 Å². The van der Waals surface area contributed by atoms with E-state index in [0.717, 1.165) is 15.4 Å². The zero-order valence-corrected chi connectivity index (χ0v) is 10.3. The van der Waals surface area contributed by atoms with Crippen molar-refractivity contribution in [3.63, 3.8) is 0 Å². The number of hydrogen-bond donors (Lipinski definition) is 0. The van der Waals surface area contributed by atoms with Gasteiger partial charge in [0.25, 0.3) is 0 Å². The van der Waals surface area contributed by atoms with E-state index in [1.54, 1.807) is 11.3 Å². The van der Waals surface area contributed by atoms with Crippen LogP contribution in [0.15, 0.2) is 49.0 Å². The molecule has 0 amide bonds. The maximum absolute atomic E-state index is 4.37. The molecule has 2 heterocycles. The predicted molar refractivity (Wildman–Crippen MR) is 72.6 cm³/mol. The number of para-hydroxylation sites is 1. The van der Waals surface area contributed by atoms with Crippen molar-refractivity contribution in [3.05, 3.63) is 53.9 Å². The van der Waals surface area contributed by atoms with Gasteiger partial charge < -0.3 is 0 Å². The van der Waals surface area contributed by atoms with E-state index in [9.17, 15) is 0 Å². The molecule has 0 unspecified atom stereocenters. The van der Waals surface area contributed by atoms with Crippen molar-refractivity contribution in [2.75, 3.05) is 0 Å². The van der Waals surface area contributed by atoms with Crippen molar-refractivity contribution in [2.45, 2.75) is 0 Å². The summed E-state index contributed by atoms with van der Waals surface area (Å²) in [5.74, 6) is 0.636. The van der Waals surface area contributed by atoms with Crippen LogP contribution in [-0.4, -0.2) is 20.2 Å². The minimum atomic E-state index is 0.636. The molecule has 0 atom stereocenters. The topological polar surface area (TPSA) is 43.6 Å². The van der Waals surface area contributed by atoms with E-state index in [4.69, 9.17) is 0 Å². The SMILES string of the molecule is C=Cc1ccc(-c2nnn(-c3ccccc3)n2)s1. The van der Waals surface area contributed by atoms with Crippen LogP contribution in [0.2, 0.25) is 0 Å². The number of benzene rings is 1. The maximum atomic E-state index is 4.37. The third-order valence-corrected chi connectivity index (χ3v) is 3.53. The lowest BCUT2D eigenvalue weighted by Gasteiger charge is -1.95. The Morgan fingerprint density at radius 3 is 2.67 bits per heavy atom. The van der Waals surface area contributed by atoms with Gasteiger partial charge in [-0.2, -0.15) is 0 Å². The van der Waals surface area contributed by atoms with Crippen LogP contribution in [-0.2, 0) is 0 Å². The first-order valence-corrected chi connectivity index (χ1v) is 6.26. The van der Waals surface area contributed by atoms with Crippen LogP contribution in [0.3, 0.4) is 0 Å². The molecule has 2 aromatic heterocycles. The Balaban J connectivity index is 1.96. The summed E-state index contributed by atoms with van der Waals surface area (Å²) in [5.41, 5.74) is 0.900. The van der Waals surface area contributed by atoms with Gasteiger partial charge in [0.15, 0.2) is 0 Å². The highest BCUT2D eigenvalue weighted by molar-refractivity contribution is 7.16. The normalized spacial score (nSPS) is 10.4. The molecule has 0 saturated carbocycles. The Kier molecular flexibility index (Phi) is 2.74. The molecule has 1 aromatic carbocycles. The van der Waals surface area contributed by atoms with Crippen LogP contribution in [0.4, 0.5) is 0 Å². The van der Waals surface area contributed by atoms with E-state index < -0.39 is 0 Å². The summed E-state index contributed by atoms with van der Waals surface area (Å²) in [6.45, 7) is 3.74. The highest BCUT2D eigenvalue weighted by atomic mass is 32.1. The Hall–Kier alpha value is -2.27. The molecule has 0 aliphatic heterocycles. The summed E-state index contributed by atoms with van der Waals surface area (Å²) < 4.78 is 0. The molecule has 0 radical (unpaired) electrons. The highest BCUT2D eigenvalue weighted by Gasteiger charge is 2.08. The van der Waals surface area contributed by atoms with Crippen molar-refractivity contribution in [1.29, 1.82) is 0 Å². The van der Waals surface area contributed by atoms with Crippen LogP contribution in [0, 0.1) is 0 Å². The van der Waals surface area contributed by atoms with E-state index in [-0.39, 0.29) is 0 Å². The second-order valence-corrected chi connectivity index (χ2v) is 4.76. The summed E-state index contributed by atoms with van der Waals surface area (Å²) in [7, 11) is 0. The molecule has 0 spiro atoms. The average Bonchev–Trinajstić information content (AvgIpc) is 3.08. The molecule has 88 valence electrons. The summed E-state index contributed by atoms with van der Waals surface area (Å²) in [6, 6.07) is 13.7. The van der Waals surface area contributed by atoms with E-state index in [1.165, 1.54) is 4.80 Å². The number of hydrogen-bond acceptors (Lipinski definition) is 4. The second-order valence-electron chi connectivity index (χ2n) is 3.64. The molecule has 5 heteroatoms. The van der Waals surface area contributed by atoms with Gasteiger partial charge in [-0.25, -0.2) is 0 Å². The fourth-order valence-electron chi connectivity index (χ4n) is 1.57. The molecule has 0 saturated heterocycles. The lowest BCUT2D eigenvalue weighted by atomic mass is 10.3. The molecular formula is C13H10N4S. The Labute approximate surface area is 108 Å². The minimum Gasteiger partial charge on any atom is -0.132 e. The zero-order chi connectivity index (χ0) is 12.4. The molecule has 0 aliphatic rings. The predicted octanol–water partition coefficient (Wildman–Crippen LogP) is 3.03. The molecule has 18 heavy (non-hydrogen) atoms. The standard InChI is InChI=1S/C13H10N4S/c1-2-11-8-9-12(18-11)13-14-16-17(15-13)10-6-4-3-5-7-10/h2-9H,1H2. The van der Waals surface area contributed by atoms with E-state index in [2.05, 4.69) is 22.0 Å². The lowest BCUT2D eigenvalue weighted by molar-refractivity contribution is 0.720. The van der Waals surface area contributed by atoms with Crippen LogP contribution in [0.5, 0.6) is 0 Å². The Morgan fingerprint density at radius 2 is 1.94 bits per heavy atom. The molecule has 0 fully saturated rings. The lowest BCUT2D eigenvalue weighted by Crippen LogP contribution is -1.97. The van der Waals surface area contributed by atoms with Gasteiger partial charge in [-0.05, 0) is 29.5 Å². The number of thiophene rings is 1. The molecule has 0 aliphatic carbocycles. The van der Waals surface area contributed by atoms with Crippen LogP contribution < -0.4 is 0 Å². The third kappa shape index (κ3) is 1.96. The molecule has 4 nitrogen and oxygen atoms in total. The Bertz CT molecular complexity index is 669. The summed E-state index contributed by atoms with van der Waals surface area (Å²) >= 11 is 1.60. The average molecular weight is 254 g/mol. The van der Waals surface area contributed by atoms with Gasteiger partial charge >= 0.3 is 0 Å². The monoisotopic (exact) mass is 254 g/mol. The fourth-order valence-corrected chi connectivity index (χ4v) is 2.35. The number of aromatic nitrogens is 4. The first-order chi connectivity index (χ1) is 8.86. The largest absolute Gasteiger partial charge is 0.215 e. The number of tetrazole rings is 1. The molecule has 0 N–H and O–H groups in total. The first kappa shape index (κ1) is 10.9. The van der Waals surface area contributed by atoms with Crippen molar-refractivity contribution < 1.29 is 0 Å². The van der Waals surface area contributed by atoms with Gasteiger partial charge in [-0.15, -0.1) is 26.3 Å². The van der Waals surface area contributed by atoms with Crippen LogP contribution in [0.1, 0.15) is 4.88 Å². The van der Waals surface area contributed by atoms with E-state index in [1.807, 2.05) is 48.5 Å². The van der Waals surface area contributed by atoms with Gasteiger partial charge in [-0.3, -0.25) is 0 Å². The van der Waals surface area contributed by atoms with Crippen molar-refractivity contribution >= 4 is 17.4 Å². The van der Waals surface area contributed by atoms with E-state index in [0.29, 0.717) is 5.82 Å². The van der Waals surface area contributed by atoms with Gasteiger partial charge in [0.1, 0.15) is 0 Å². The molecule has 3 aromatic rings. The highest BCUT2D eigenvalue weighted by Crippen LogP contribution is 2.25. The maximum Gasteiger partial charge on any atom is 0.215 e. The Morgan fingerprint density at radius 1 is 1.11 bits per heavy atom. The quantitative estimate of drug-likeness (QED) is 0.721. The van der Waals surface area contributed by atoms with Gasteiger partial charge in [-0.1, -0.05) is 30.9 Å². The summed E-state index contributed by atoms with van der Waals surface area (Å²) in [5, 5.41) is 12.5. The minimum absolute atomic E-state index is 0.636. The zero-order valence-electron chi connectivity index (χ0n) is 9.52. The molecular weight excluding hydrogens is 244 g/mol. The third-order valence-electron chi connectivity index (χ3n) is 2.45. The number of nitrogens with zero attached hydrogens (tertiary/aromatic N) is 4. The van der Waals surface area contributed by atoms with Crippen LogP contribution in [0.25, 0.3) is 22.5 Å². The second kappa shape index (κ2) is 4.54. The fraction of sp³-hybridized carbons (Fsp3) is 0. The van der Waals surface area contributed by atoms with Crippen molar-refractivity contribution in [1.82, 2.24) is 20.2 Å². The van der Waals surface area contributed by atoms with Crippen molar-refractivity contribution in [2.24, 2.45) is 0 Å². The molecule has 3 rings (SSSR count). The smallest absolute Gasteiger partial charge is 0.132 e. The molecule has 0 bridgehead atoms. The van der Waals surface area contributed by atoms with Crippen molar-refractivity contribution in [3.8, 4) is 16.4 Å². The summed E-state index contributed by atoms with van der Waals surface area (Å²) in [4.78, 5) is 3.62. The number of rotatable bonds is 3. The first-order valence-electron chi connectivity index (χ1n) is 5.45. The van der Waals surface area contributed by atoms with E-state index >= 15 is 0 Å². The van der Waals surface area contributed by atoms with Gasteiger partial charge in [0, 0.05) is 4.88 Å². The van der Waals surface area contributed by atoms with Gasteiger partial charge in [0.05, 0.1) is 10.6 Å². The summed E-state index contributed by atoms with van der Waals surface area (Å²) in [6.07, 6.45) is 1.82.